The Hall–Kier alpha value is -2.21. The fraction of sp³-hybridized carbons (Fsp3) is 0.182. The van der Waals surface area contributed by atoms with Crippen molar-refractivity contribution in [2.24, 2.45) is 0 Å². The number of hydrogen-bond donors (Lipinski definition) is 2. The summed E-state index contributed by atoms with van der Waals surface area (Å²) in [6.07, 6.45) is 3.27. The Balaban J connectivity index is 2.20. The van der Waals surface area contributed by atoms with Crippen LogP contribution in [-0.4, -0.2) is 39.2 Å². The quantitative estimate of drug-likeness (QED) is 0.777. The third kappa shape index (κ3) is 2.67. The van der Waals surface area contributed by atoms with Gasteiger partial charge in [-0.1, -0.05) is 11.3 Å². The van der Waals surface area contributed by atoms with E-state index in [-0.39, 0.29) is 19.1 Å². The molecule has 2 aromatic rings. The number of aromatic nitrogens is 3. The Kier molecular flexibility index (Phi) is 3.46. The number of hydrogen-bond acceptors (Lipinski definition) is 4. The Morgan fingerprint density at radius 2 is 2.35 bits per heavy atom. The van der Waals surface area contributed by atoms with E-state index in [9.17, 15) is 4.79 Å². The Bertz CT molecular complexity index is 496. The molecule has 0 atom stereocenters. The van der Waals surface area contributed by atoms with Crippen LogP contribution in [0.2, 0.25) is 0 Å². The standard InChI is InChI=1S/C11H12N4O2/c16-7-5-12-11(17)9-2-1-3-10(8-9)15-6-4-13-14-15/h1-4,6,8,16H,5,7H2,(H,12,17). The molecule has 0 bridgehead atoms. The number of nitrogens with one attached hydrogen (secondary N) is 1. The molecule has 0 spiro atoms. The number of amides is 1. The molecule has 0 aliphatic rings. The summed E-state index contributed by atoms with van der Waals surface area (Å²) < 4.78 is 1.57. The van der Waals surface area contributed by atoms with E-state index in [2.05, 4.69) is 15.6 Å². The molecule has 88 valence electrons. The summed E-state index contributed by atoms with van der Waals surface area (Å²) in [5.41, 5.74) is 1.28. The molecular formula is C11H12N4O2. The minimum absolute atomic E-state index is 0.0749. The maximum absolute atomic E-state index is 11.7. The fourth-order valence-electron chi connectivity index (χ4n) is 1.41. The summed E-state index contributed by atoms with van der Waals surface area (Å²) in [5.74, 6) is -0.221. The van der Waals surface area contributed by atoms with Crippen molar-refractivity contribution in [1.29, 1.82) is 0 Å². The van der Waals surface area contributed by atoms with Crippen molar-refractivity contribution in [3.8, 4) is 5.69 Å². The van der Waals surface area contributed by atoms with Gasteiger partial charge in [0, 0.05) is 12.1 Å². The SMILES string of the molecule is O=C(NCCO)c1cccc(-n2ccnn2)c1. The summed E-state index contributed by atoms with van der Waals surface area (Å²) >= 11 is 0. The van der Waals surface area contributed by atoms with Crippen LogP contribution in [0.5, 0.6) is 0 Å². The Morgan fingerprint density at radius 3 is 3.06 bits per heavy atom. The van der Waals surface area contributed by atoms with Gasteiger partial charge in [-0.05, 0) is 18.2 Å². The van der Waals surface area contributed by atoms with Gasteiger partial charge < -0.3 is 10.4 Å². The van der Waals surface area contributed by atoms with Crippen molar-refractivity contribution in [1.82, 2.24) is 20.3 Å². The fourth-order valence-corrected chi connectivity index (χ4v) is 1.41. The van der Waals surface area contributed by atoms with Gasteiger partial charge in [-0.3, -0.25) is 4.79 Å². The largest absolute Gasteiger partial charge is 0.395 e. The monoisotopic (exact) mass is 232 g/mol. The van der Waals surface area contributed by atoms with Gasteiger partial charge >= 0.3 is 0 Å². The van der Waals surface area contributed by atoms with Crippen LogP contribution in [0.1, 0.15) is 10.4 Å². The van der Waals surface area contributed by atoms with Gasteiger partial charge in [0.2, 0.25) is 0 Å². The summed E-state index contributed by atoms with van der Waals surface area (Å²) in [6, 6.07) is 7.01. The highest BCUT2D eigenvalue weighted by Gasteiger charge is 2.06. The molecule has 6 heteroatoms. The molecule has 2 N–H and O–H groups in total. The predicted molar refractivity (Wildman–Crippen MR) is 60.8 cm³/mol. The first-order valence-corrected chi connectivity index (χ1v) is 5.17. The van der Waals surface area contributed by atoms with Crippen molar-refractivity contribution in [3.05, 3.63) is 42.2 Å². The highest BCUT2D eigenvalue weighted by atomic mass is 16.3. The van der Waals surface area contributed by atoms with Gasteiger partial charge in [-0.2, -0.15) is 0 Å². The number of benzene rings is 1. The van der Waals surface area contributed by atoms with Crippen LogP contribution >= 0.6 is 0 Å². The third-order valence-corrected chi connectivity index (χ3v) is 2.19. The number of carbonyl (C=O) groups excluding carboxylic acids is 1. The second-order valence-electron chi connectivity index (χ2n) is 3.38. The molecule has 1 amide bonds. The van der Waals surface area contributed by atoms with E-state index < -0.39 is 0 Å². The van der Waals surface area contributed by atoms with Crippen LogP contribution in [0.25, 0.3) is 5.69 Å². The highest BCUT2D eigenvalue weighted by Crippen LogP contribution is 2.08. The third-order valence-electron chi connectivity index (χ3n) is 2.19. The van der Waals surface area contributed by atoms with Crippen molar-refractivity contribution in [3.63, 3.8) is 0 Å². The summed E-state index contributed by atoms with van der Waals surface area (Å²) in [6.45, 7) is 0.168. The molecule has 2 rings (SSSR count). The van der Waals surface area contributed by atoms with Crippen LogP contribution in [0, 0.1) is 0 Å². The van der Waals surface area contributed by atoms with E-state index in [4.69, 9.17) is 5.11 Å². The molecule has 1 aromatic carbocycles. The molecule has 0 saturated carbocycles. The lowest BCUT2D eigenvalue weighted by Crippen LogP contribution is -2.26. The molecule has 0 unspecified atom stereocenters. The maximum atomic E-state index is 11.7. The van der Waals surface area contributed by atoms with E-state index in [0.717, 1.165) is 5.69 Å². The minimum Gasteiger partial charge on any atom is -0.395 e. The predicted octanol–water partition coefficient (Wildman–Crippen LogP) is -0.0106. The minimum atomic E-state index is -0.221. The van der Waals surface area contributed by atoms with Crippen LogP contribution < -0.4 is 5.32 Å². The molecule has 0 fully saturated rings. The Labute approximate surface area is 97.9 Å². The Morgan fingerprint density at radius 1 is 1.47 bits per heavy atom. The first-order chi connectivity index (χ1) is 8.31. The second kappa shape index (κ2) is 5.22. The zero-order chi connectivity index (χ0) is 12.1. The highest BCUT2D eigenvalue weighted by molar-refractivity contribution is 5.94. The van der Waals surface area contributed by atoms with Gasteiger partial charge in [0.25, 0.3) is 5.91 Å². The van der Waals surface area contributed by atoms with Crippen LogP contribution in [0.3, 0.4) is 0 Å². The van der Waals surface area contributed by atoms with E-state index in [0.29, 0.717) is 5.56 Å². The lowest BCUT2D eigenvalue weighted by Gasteiger charge is -2.05. The van der Waals surface area contributed by atoms with E-state index in [1.807, 2.05) is 6.07 Å². The molecular weight excluding hydrogens is 220 g/mol. The summed E-state index contributed by atoms with van der Waals surface area (Å²) in [4.78, 5) is 11.7. The number of nitrogens with zero attached hydrogens (tertiary/aromatic N) is 3. The lowest BCUT2D eigenvalue weighted by atomic mass is 10.2. The average Bonchev–Trinajstić information content (AvgIpc) is 2.90. The average molecular weight is 232 g/mol. The van der Waals surface area contributed by atoms with Gasteiger partial charge in [0.05, 0.1) is 24.7 Å². The maximum Gasteiger partial charge on any atom is 0.251 e. The van der Waals surface area contributed by atoms with Crippen LogP contribution in [0.4, 0.5) is 0 Å². The number of rotatable bonds is 4. The first kappa shape index (κ1) is 11.3. The molecule has 6 nitrogen and oxygen atoms in total. The zero-order valence-electron chi connectivity index (χ0n) is 9.08. The van der Waals surface area contributed by atoms with Crippen LogP contribution in [0.15, 0.2) is 36.7 Å². The number of aliphatic hydroxyl groups excluding tert-OH is 1. The lowest BCUT2D eigenvalue weighted by molar-refractivity contribution is 0.0944. The normalized spacial score (nSPS) is 10.2. The summed E-state index contributed by atoms with van der Waals surface area (Å²) in [7, 11) is 0. The molecule has 0 radical (unpaired) electrons. The van der Waals surface area contributed by atoms with Gasteiger partial charge in [0.1, 0.15) is 0 Å². The molecule has 1 aromatic heterocycles. The van der Waals surface area contributed by atoms with Gasteiger partial charge in [-0.15, -0.1) is 5.10 Å². The van der Waals surface area contributed by atoms with Crippen molar-refractivity contribution < 1.29 is 9.90 Å². The first-order valence-electron chi connectivity index (χ1n) is 5.17. The smallest absolute Gasteiger partial charge is 0.251 e. The number of carbonyl (C=O) groups is 1. The van der Waals surface area contributed by atoms with Crippen LogP contribution in [-0.2, 0) is 0 Å². The van der Waals surface area contributed by atoms with Crippen molar-refractivity contribution in [2.45, 2.75) is 0 Å². The van der Waals surface area contributed by atoms with Crippen molar-refractivity contribution >= 4 is 5.91 Å². The van der Waals surface area contributed by atoms with E-state index in [1.165, 1.54) is 0 Å². The molecule has 0 aliphatic carbocycles. The van der Waals surface area contributed by atoms with E-state index >= 15 is 0 Å². The topological polar surface area (TPSA) is 80.0 Å². The molecule has 1 heterocycles. The molecule has 0 saturated heterocycles. The van der Waals surface area contributed by atoms with Gasteiger partial charge in [-0.25, -0.2) is 4.68 Å². The number of aliphatic hydroxyl groups is 1. The van der Waals surface area contributed by atoms with Gasteiger partial charge in [0.15, 0.2) is 0 Å². The van der Waals surface area contributed by atoms with E-state index in [1.54, 1.807) is 35.3 Å². The summed E-state index contributed by atoms with van der Waals surface area (Å²) in [5, 5.41) is 18.8. The zero-order valence-corrected chi connectivity index (χ0v) is 9.08. The van der Waals surface area contributed by atoms with Crippen molar-refractivity contribution in [2.75, 3.05) is 13.2 Å². The molecule has 17 heavy (non-hydrogen) atoms. The second-order valence-corrected chi connectivity index (χ2v) is 3.38. The molecule has 0 aliphatic heterocycles.